The Hall–Kier alpha value is -0.690. The minimum Gasteiger partial charge on any atom is -0.385 e. The van der Waals surface area contributed by atoms with E-state index in [0.29, 0.717) is 5.88 Å². The number of nitrogens with one attached hydrogen (secondary N) is 1. The van der Waals surface area contributed by atoms with Gasteiger partial charge in [0.05, 0.1) is 0 Å². The van der Waals surface area contributed by atoms with Gasteiger partial charge in [-0.3, -0.25) is 0 Å². The van der Waals surface area contributed by atoms with Crippen LogP contribution in [-0.4, -0.2) is 6.54 Å². The van der Waals surface area contributed by atoms with E-state index in [0.717, 1.165) is 12.5 Å². The first kappa shape index (κ1) is 11.4. The number of benzene rings is 1. The Kier molecular flexibility index (Phi) is 4.81. The van der Waals surface area contributed by atoms with Crippen LogP contribution in [0.2, 0.25) is 0 Å². The van der Waals surface area contributed by atoms with Crippen molar-refractivity contribution in [1.82, 2.24) is 0 Å². The van der Waals surface area contributed by atoms with Crippen LogP contribution in [0.3, 0.4) is 0 Å². The molecule has 0 amide bonds. The number of alkyl halides is 1. The third-order valence-electron chi connectivity index (χ3n) is 2.46. The molecule has 0 aromatic heterocycles. The Morgan fingerprint density at radius 3 is 2.43 bits per heavy atom. The maximum atomic E-state index is 5.71. The zero-order chi connectivity index (χ0) is 10.4. The molecule has 0 spiro atoms. The first-order chi connectivity index (χ1) is 6.76. The van der Waals surface area contributed by atoms with Crippen molar-refractivity contribution in [1.29, 1.82) is 0 Å². The number of rotatable bonds is 5. The van der Waals surface area contributed by atoms with Gasteiger partial charge in [-0.2, -0.15) is 0 Å². The Bertz CT molecular complexity index is 256. The molecule has 0 saturated heterocycles. The average molecular weight is 212 g/mol. The van der Waals surface area contributed by atoms with E-state index in [2.05, 4.69) is 43.4 Å². The van der Waals surface area contributed by atoms with E-state index in [1.165, 1.54) is 17.7 Å². The van der Waals surface area contributed by atoms with Gasteiger partial charge in [-0.25, -0.2) is 0 Å². The maximum Gasteiger partial charge on any atom is 0.0474 e. The van der Waals surface area contributed by atoms with Crippen LogP contribution >= 0.6 is 11.6 Å². The minimum absolute atomic E-state index is 0.589. The zero-order valence-electron chi connectivity index (χ0n) is 8.89. The van der Waals surface area contributed by atoms with E-state index >= 15 is 0 Å². The molecule has 0 heterocycles. The second-order valence-electron chi connectivity index (χ2n) is 3.72. The fraction of sp³-hybridized carbons (Fsp3) is 0.500. The molecule has 1 unspecified atom stereocenters. The van der Waals surface area contributed by atoms with Gasteiger partial charge in [-0.15, -0.1) is 11.6 Å². The third kappa shape index (κ3) is 3.59. The van der Waals surface area contributed by atoms with Gasteiger partial charge in [0.1, 0.15) is 0 Å². The van der Waals surface area contributed by atoms with Crippen molar-refractivity contribution >= 4 is 17.3 Å². The first-order valence-electron chi connectivity index (χ1n) is 5.15. The fourth-order valence-electron chi connectivity index (χ4n) is 1.15. The summed E-state index contributed by atoms with van der Waals surface area (Å²) in [6, 6.07) is 8.29. The summed E-state index contributed by atoms with van der Waals surface area (Å²) in [7, 11) is 0. The summed E-state index contributed by atoms with van der Waals surface area (Å²) in [4.78, 5) is 0. The second kappa shape index (κ2) is 5.92. The molecule has 1 aromatic rings. The highest BCUT2D eigenvalue weighted by Gasteiger charge is 1.98. The quantitative estimate of drug-likeness (QED) is 0.729. The Morgan fingerprint density at radius 2 is 1.93 bits per heavy atom. The lowest BCUT2D eigenvalue weighted by Gasteiger charge is -2.11. The molecular formula is C12H18ClN. The normalized spacial score (nSPS) is 12.5. The Balaban J connectivity index is 2.43. The molecule has 0 aliphatic rings. The highest BCUT2D eigenvalue weighted by molar-refractivity contribution is 6.17. The number of hydrogen-bond acceptors (Lipinski definition) is 1. The molecule has 14 heavy (non-hydrogen) atoms. The summed E-state index contributed by atoms with van der Waals surface area (Å²) in [5.41, 5.74) is 2.35. The number of halogens is 1. The lowest BCUT2D eigenvalue weighted by Crippen LogP contribution is -2.09. The van der Waals surface area contributed by atoms with E-state index in [9.17, 15) is 0 Å². The molecule has 1 rings (SSSR count). The summed E-state index contributed by atoms with van der Waals surface area (Å²) in [5.74, 6) is 1.31. The number of anilines is 1. The van der Waals surface area contributed by atoms with E-state index in [1.807, 2.05) is 0 Å². The third-order valence-corrected chi connectivity index (χ3v) is 2.77. The second-order valence-corrected chi connectivity index (χ2v) is 3.99. The molecule has 1 atom stereocenters. The average Bonchev–Trinajstić information content (AvgIpc) is 2.26. The summed E-state index contributed by atoms with van der Waals surface area (Å²) in [6.45, 7) is 5.50. The Labute approximate surface area is 91.5 Å². The molecule has 0 saturated carbocycles. The molecule has 2 heteroatoms. The monoisotopic (exact) mass is 211 g/mol. The van der Waals surface area contributed by atoms with E-state index < -0.39 is 0 Å². The molecule has 0 aliphatic heterocycles. The van der Waals surface area contributed by atoms with Crippen LogP contribution < -0.4 is 5.32 Å². The maximum absolute atomic E-state index is 5.71. The lowest BCUT2D eigenvalue weighted by atomic mass is 10.1. The van der Waals surface area contributed by atoms with Gasteiger partial charge in [0.2, 0.25) is 0 Å². The summed E-state index contributed by atoms with van der Waals surface area (Å²) in [6.07, 6.45) is 1.22. The van der Waals surface area contributed by atoms with Crippen molar-refractivity contribution in [2.45, 2.75) is 26.1 Å². The molecular weight excluding hydrogens is 194 g/mol. The number of hydrogen-bond donors (Lipinski definition) is 1. The fourth-order valence-corrected chi connectivity index (χ4v) is 1.33. The van der Waals surface area contributed by atoms with Crippen LogP contribution in [-0.2, 0) is 5.88 Å². The predicted molar refractivity (Wildman–Crippen MR) is 63.9 cm³/mol. The largest absolute Gasteiger partial charge is 0.385 e. The highest BCUT2D eigenvalue weighted by Crippen LogP contribution is 2.12. The highest BCUT2D eigenvalue weighted by atomic mass is 35.5. The smallest absolute Gasteiger partial charge is 0.0474 e. The lowest BCUT2D eigenvalue weighted by molar-refractivity contribution is 0.593. The van der Waals surface area contributed by atoms with E-state index in [-0.39, 0.29) is 0 Å². The van der Waals surface area contributed by atoms with Crippen molar-refractivity contribution < 1.29 is 0 Å². The Morgan fingerprint density at radius 1 is 1.29 bits per heavy atom. The minimum atomic E-state index is 0.589. The van der Waals surface area contributed by atoms with Crippen molar-refractivity contribution in [2.75, 3.05) is 11.9 Å². The van der Waals surface area contributed by atoms with Crippen LogP contribution in [0.5, 0.6) is 0 Å². The predicted octanol–water partition coefficient (Wildman–Crippen LogP) is 3.88. The first-order valence-corrected chi connectivity index (χ1v) is 5.68. The summed E-state index contributed by atoms with van der Waals surface area (Å²) >= 11 is 5.71. The van der Waals surface area contributed by atoms with Crippen molar-refractivity contribution in [3.8, 4) is 0 Å². The molecule has 78 valence electrons. The van der Waals surface area contributed by atoms with Gasteiger partial charge in [-0.05, 0) is 23.6 Å². The molecule has 1 nitrogen and oxygen atoms in total. The van der Waals surface area contributed by atoms with Gasteiger partial charge in [0, 0.05) is 18.1 Å². The summed E-state index contributed by atoms with van der Waals surface area (Å²) in [5, 5.41) is 3.40. The summed E-state index contributed by atoms with van der Waals surface area (Å²) < 4.78 is 0. The topological polar surface area (TPSA) is 12.0 Å². The molecule has 1 aromatic carbocycles. The van der Waals surface area contributed by atoms with Gasteiger partial charge in [-0.1, -0.05) is 32.4 Å². The molecule has 0 aliphatic carbocycles. The van der Waals surface area contributed by atoms with Crippen molar-refractivity contribution in [3.05, 3.63) is 29.8 Å². The SMILES string of the molecule is CCC(C)CNc1ccc(CCl)cc1. The molecule has 0 bridgehead atoms. The molecule has 0 fully saturated rings. The standard InChI is InChI=1S/C12H18ClN/c1-3-10(2)9-14-12-6-4-11(8-13)5-7-12/h4-7,10,14H,3,8-9H2,1-2H3. The van der Waals surface area contributed by atoms with Gasteiger partial charge < -0.3 is 5.32 Å². The van der Waals surface area contributed by atoms with Crippen molar-refractivity contribution in [3.63, 3.8) is 0 Å². The van der Waals surface area contributed by atoms with Gasteiger partial charge in [0.15, 0.2) is 0 Å². The van der Waals surface area contributed by atoms with Crippen LogP contribution in [0.15, 0.2) is 24.3 Å². The molecule has 0 radical (unpaired) electrons. The van der Waals surface area contributed by atoms with E-state index in [1.54, 1.807) is 0 Å². The van der Waals surface area contributed by atoms with Gasteiger partial charge in [0.25, 0.3) is 0 Å². The van der Waals surface area contributed by atoms with E-state index in [4.69, 9.17) is 11.6 Å². The van der Waals surface area contributed by atoms with Crippen LogP contribution in [0.25, 0.3) is 0 Å². The van der Waals surface area contributed by atoms with Gasteiger partial charge >= 0.3 is 0 Å². The molecule has 1 N–H and O–H groups in total. The van der Waals surface area contributed by atoms with Crippen LogP contribution in [0, 0.1) is 5.92 Å². The van der Waals surface area contributed by atoms with Crippen molar-refractivity contribution in [2.24, 2.45) is 5.92 Å². The van der Waals surface area contributed by atoms with Crippen LogP contribution in [0.1, 0.15) is 25.8 Å². The van der Waals surface area contributed by atoms with Crippen LogP contribution in [0.4, 0.5) is 5.69 Å². The zero-order valence-corrected chi connectivity index (χ0v) is 9.64.